The zero-order valence-corrected chi connectivity index (χ0v) is 13.1. The van der Waals surface area contributed by atoms with Crippen molar-refractivity contribution >= 4 is 5.97 Å². The minimum absolute atomic E-state index is 0.189. The maximum absolute atomic E-state index is 13.5. The van der Waals surface area contributed by atoms with Crippen molar-refractivity contribution in [3.63, 3.8) is 0 Å². The number of carbonyl (C=O) groups is 1. The quantitative estimate of drug-likeness (QED) is 0.466. The van der Waals surface area contributed by atoms with Crippen LogP contribution in [-0.2, 0) is 26.3 Å². The van der Waals surface area contributed by atoms with Crippen molar-refractivity contribution < 1.29 is 31.8 Å². The van der Waals surface area contributed by atoms with E-state index in [0.717, 1.165) is 0 Å². The van der Waals surface area contributed by atoms with Crippen LogP contribution in [0.15, 0.2) is 18.2 Å². The highest BCUT2D eigenvalue weighted by molar-refractivity contribution is 5.66. The summed E-state index contributed by atoms with van der Waals surface area (Å²) in [5.41, 5.74) is -2.24. The lowest BCUT2D eigenvalue weighted by Crippen LogP contribution is -2.39. The van der Waals surface area contributed by atoms with Crippen molar-refractivity contribution in [1.82, 2.24) is 0 Å². The molecule has 0 bridgehead atoms. The molecule has 0 unspecified atom stereocenters. The van der Waals surface area contributed by atoms with Crippen LogP contribution in [0.4, 0.5) is 17.6 Å². The van der Waals surface area contributed by atoms with Crippen LogP contribution in [0.25, 0.3) is 0 Å². The molecule has 1 aliphatic rings. The number of ether oxygens (including phenoxy) is 2. The molecule has 1 saturated heterocycles. The molecule has 0 aromatic heterocycles. The smallest absolute Gasteiger partial charge is 0.419 e. The zero-order chi connectivity index (χ0) is 17.5. The van der Waals surface area contributed by atoms with Gasteiger partial charge in [-0.2, -0.15) is 13.2 Å². The Labute approximate surface area is 131 Å². The Balaban J connectivity index is 2.30. The van der Waals surface area contributed by atoms with Gasteiger partial charge in [-0.15, -0.1) is 0 Å². The van der Waals surface area contributed by atoms with Crippen molar-refractivity contribution in [1.29, 1.82) is 0 Å². The van der Waals surface area contributed by atoms with Gasteiger partial charge >= 0.3 is 12.1 Å². The van der Waals surface area contributed by atoms with E-state index < -0.39 is 29.0 Å². The highest BCUT2D eigenvalue weighted by atomic mass is 19.4. The highest BCUT2D eigenvalue weighted by Crippen LogP contribution is 2.51. The van der Waals surface area contributed by atoms with Crippen LogP contribution in [0.3, 0.4) is 0 Å². The van der Waals surface area contributed by atoms with Crippen LogP contribution in [-0.4, -0.2) is 24.4 Å². The lowest BCUT2D eigenvalue weighted by Gasteiger charge is -2.31. The van der Waals surface area contributed by atoms with E-state index in [9.17, 15) is 22.4 Å². The van der Waals surface area contributed by atoms with Crippen LogP contribution in [0.2, 0.25) is 0 Å². The number of rotatable bonds is 5. The van der Waals surface area contributed by atoms with E-state index in [1.807, 2.05) is 0 Å². The maximum Gasteiger partial charge on any atom is 0.419 e. The van der Waals surface area contributed by atoms with Gasteiger partial charge in [0.25, 0.3) is 0 Å². The van der Waals surface area contributed by atoms with E-state index in [0.29, 0.717) is 11.1 Å². The fraction of sp³-hybridized carbons (Fsp3) is 0.562. The second kappa shape index (κ2) is 5.78. The van der Waals surface area contributed by atoms with Crippen molar-refractivity contribution in [3.05, 3.63) is 35.1 Å². The number of hydrogen-bond donors (Lipinski definition) is 0. The van der Waals surface area contributed by atoms with Gasteiger partial charge in [0.15, 0.2) is 5.60 Å². The molecular formula is C16H18F4O3. The average Bonchev–Trinajstić information content (AvgIpc) is 3.15. The first-order valence-corrected chi connectivity index (χ1v) is 7.10. The molecule has 0 N–H and O–H groups in total. The Bertz CT molecular complexity index is 604. The molecule has 7 heteroatoms. The van der Waals surface area contributed by atoms with Crippen molar-refractivity contribution in [2.75, 3.05) is 6.61 Å². The lowest BCUT2D eigenvalue weighted by atomic mass is 9.75. The van der Waals surface area contributed by atoms with Crippen LogP contribution in [0, 0.1) is 5.82 Å². The van der Waals surface area contributed by atoms with Crippen LogP contribution >= 0.6 is 0 Å². The number of esters is 1. The third kappa shape index (κ3) is 3.83. The van der Waals surface area contributed by atoms with E-state index in [2.05, 4.69) is 0 Å². The Kier molecular flexibility index (Phi) is 4.45. The molecule has 3 nitrogen and oxygen atoms in total. The highest BCUT2D eigenvalue weighted by Gasteiger charge is 2.67. The van der Waals surface area contributed by atoms with Gasteiger partial charge in [0.05, 0.1) is 6.61 Å². The maximum atomic E-state index is 13.5. The van der Waals surface area contributed by atoms with Gasteiger partial charge < -0.3 is 9.47 Å². The standard InChI is InChI=1S/C16H18F4O3/c1-10(21)22-7-11-6-12(17)4-5-13(11)14(2,3)8-15(9-23-15)16(18,19)20/h4-6H,7-9H2,1-3H3/t15-/m1/s1. The second-order valence-electron chi connectivity index (χ2n) is 6.42. The lowest BCUT2D eigenvalue weighted by molar-refractivity contribution is -0.188. The molecule has 1 heterocycles. The predicted octanol–water partition coefficient (Wildman–Crippen LogP) is 3.89. The first-order chi connectivity index (χ1) is 10.5. The third-order valence-electron chi connectivity index (χ3n) is 3.96. The number of alkyl halides is 3. The largest absolute Gasteiger partial charge is 0.461 e. The molecule has 1 atom stereocenters. The Hall–Kier alpha value is -1.63. The number of benzene rings is 1. The average molecular weight is 334 g/mol. The predicted molar refractivity (Wildman–Crippen MR) is 74.3 cm³/mol. The molecular weight excluding hydrogens is 316 g/mol. The number of epoxide rings is 1. The molecule has 2 rings (SSSR count). The van der Waals surface area contributed by atoms with Crippen molar-refractivity contribution in [2.24, 2.45) is 0 Å². The Morgan fingerprint density at radius 1 is 1.35 bits per heavy atom. The van der Waals surface area contributed by atoms with Gasteiger partial charge in [-0.1, -0.05) is 19.9 Å². The summed E-state index contributed by atoms with van der Waals surface area (Å²) in [6.45, 7) is 3.91. The molecule has 23 heavy (non-hydrogen) atoms. The monoisotopic (exact) mass is 334 g/mol. The van der Waals surface area contributed by atoms with Crippen molar-refractivity contribution in [3.8, 4) is 0 Å². The summed E-state index contributed by atoms with van der Waals surface area (Å²) in [5, 5.41) is 0. The van der Waals surface area contributed by atoms with Gasteiger partial charge in [-0.3, -0.25) is 4.79 Å². The van der Waals surface area contributed by atoms with Gasteiger partial charge in [0.1, 0.15) is 12.4 Å². The van der Waals surface area contributed by atoms with Crippen molar-refractivity contribution in [2.45, 2.75) is 51.0 Å². The van der Waals surface area contributed by atoms with Crippen LogP contribution < -0.4 is 0 Å². The SMILES string of the molecule is CC(=O)OCc1cc(F)ccc1C(C)(C)C[C@]1(C(F)(F)F)CO1. The topological polar surface area (TPSA) is 38.8 Å². The minimum Gasteiger partial charge on any atom is -0.461 e. The van der Waals surface area contributed by atoms with E-state index in [1.54, 1.807) is 13.8 Å². The first kappa shape index (κ1) is 17.7. The van der Waals surface area contributed by atoms with E-state index >= 15 is 0 Å². The van der Waals surface area contributed by atoms with Gasteiger partial charge in [-0.25, -0.2) is 4.39 Å². The third-order valence-corrected chi connectivity index (χ3v) is 3.96. The van der Waals surface area contributed by atoms with Gasteiger partial charge in [0, 0.05) is 6.92 Å². The second-order valence-corrected chi connectivity index (χ2v) is 6.42. The van der Waals surface area contributed by atoms with E-state index in [1.165, 1.54) is 25.1 Å². The molecule has 128 valence electrons. The summed E-state index contributed by atoms with van der Waals surface area (Å²) in [6, 6.07) is 3.79. The molecule has 0 aliphatic carbocycles. The molecule has 0 saturated carbocycles. The molecule has 1 aromatic carbocycles. The Morgan fingerprint density at radius 3 is 2.43 bits per heavy atom. The number of halogens is 4. The molecule has 0 spiro atoms. The number of carbonyl (C=O) groups excluding carboxylic acids is 1. The molecule has 0 radical (unpaired) electrons. The summed E-state index contributed by atoms with van der Waals surface area (Å²) in [4.78, 5) is 10.9. The van der Waals surface area contributed by atoms with Crippen LogP contribution in [0.5, 0.6) is 0 Å². The van der Waals surface area contributed by atoms with Crippen LogP contribution in [0.1, 0.15) is 38.3 Å². The normalized spacial score (nSPS) is 21.2. The summed E-state index contributed by atoms with van der Waals surface area (Å²) in [6.07, 6.45) is -4.75. The zero-order valence-electron chi connectivity index (χ0n) is 13.1. The molecule has 1 fully saturated rings. The fourth-order valence-corrected chi connectivity index (χ4v) is 2.78. The van der Waals surface area contributed by atoms with E-state index in [4.69, 9.17) is 9.47 Å². The summed E-state index contributed by atoms with van der Waals surface area (Å²) in [7, 11) is 0. The molecule has 1 aromatic rings. The number of hydrogen-bond acceptors (Lipinski definition) is 3. The summed E-state index contributed by atoms with van der Waals surface area (Å²) < 4.78 is 62.3. The van der Waals surface area contributed by atoms with E-state index in [-0.39, 0.29) is 19.6 Å². The summed E-state index contributed by atoms with van der Waals surface area (Å²) in [5.74, 6) is -1.09. The fourth-order valence-electron chi connectivity index (χ4n) is 2.78. The van der Waals surface area contributed by atoms with Gasteiger partial charge in [0.2, 0.25) is 0 Å². The molecule has 1 aliphatic heterocycles. The van der Waals surface area contributed by atoms with Gasteiger partial charge in [-0.05, 0) is 35.1 Å². The molecule has 0 amide bonds. The minimum atomic E-state index is -4.46. The first-order valence-electron chi connectivity index (χ1n) is 7.10. The Morgan fingerprint density at radius 2 is 1.96 bits per heavy atom. The summed E-state index contributed by atoms with van der Waals surface area (Å²) >= 11 is 0.